The van der Waals surface area contributed by atoms with Gasteiger partial charge in [-0.15, -0.1) is 0 Å². The largest absolute Gasteiger partial charge is 0.690 e. The van der Waals surface area contributed by atoms with Gasteiger partial charge in [-0.25, -0.2) is 5.90 Å². The maximum atomic E-state index is 8.26. The van der Waals surface area contributed by atoms with Crippen molar-refractivity contribution in [1.82, 2.24) is 0 Å². The fraction of sp³-hybridized carbons (Fsp3) is 1.00. The standard InChI is InChI=1S/CH7NO4Si/c1-5-7(3,4)6-2/h3-4H,2H2,1H3. The van der Waals surface area contributed by atoms with Gasteiger partial charge in [0.15, 0.2) is 0 Å². The lowest BCUT2D eigenvalue weighted by atomic mass is 11.8. The molecule has 0 aliphatic heterocycles. The molecule has 0 saturated heterocycles. The van der Waals surface area contributed by atoms with Gasteiger partial charge in [-0.05, 0) is 0 Å². The molecule has 0 aliphatic carbocycles. The van der Waals surface area contributed by atoms with Crippen LogP contribution in [0, 0.1) is 0 Å². The Morgan fingerprint density at radius 2 is 2.00 bits per heavy atom. The van der Waals surface area contributed by atoms with E-state index in [0.29, 0.717) is 0 Å². The average molecular weight is 125 g/mol. The van der Waals surface area contributed by atoms with Crippen molar-refractivity contribution in [3.63, 3.8) is 0 Å². The van der Waals surface area contributed by atoms with E-state index >= 15 is 0 Å². The second-order valence-corrected chi connectivity index (χ2v) is 2.61. The highest BCUT2D eigenvalue weighted by Gasteiger charge is 2.33. The Balaban J connectivity index is 3.36. The topological polar surface area (TPSA) is 84.9 Å². The van der Waals surface area contributed by atoms with Gasteiger partial charge in [-0.1, -0.05) is 0 Å². The van der Waals surface area contributed by atoms with Gasteiger partial charge in [0.25, 0.3) is 0 Å². The first kappa shape index (κ1) is 7.02. The van der Waals surface area contributed by atoms with Crippen molar-refractivity contribution in [2.75, 3.05) is 7.11 Å². The van der Waals surface area contributed by atoms with E-state index in [1.807, 2.05) is 0 Å². The highest BCUT2D eigenvalue weighted by Crippen LogP contribution is 1.87. The van der Waals surface area contributed by atoms with E-state index in [1.54, 1.807) is 0 Å². The van der Waals surface area contributed by atoms with Gasteiger partial charge in [0.2, 0.25) is 0 Å². The number of hydrogen-bond acceptors (Lipinski definition) is 5. The fourth-order valence-corrected chi connectivity index (χ4v) is 0.144. The van der Waals surface area contributed by atoms with Crippen LogP contribution < -0.4 is 5.90 Å². The smallest absolute Gasteiger partial charge is 0.367 e. The normalized spacial score (nSPS) is 12.0. The van der Waals surface area contributed by atoms with Crippen LogP contribution >= 0.6 is 0 Å². The zero-order chi connectivity index (χ0) is 5.91. The third-order valence-corrected chi connectivity index (χ3v) is 1.26. The summed E-state index contributed by atoms with van der Waals surface area (Å²) in [4.78, 5) is 16.5. The predicted molar refractivity (Wildman–Crippen MR) is 22.5 cm³/mol. The minimum Gasteiger partial charge on any atom is -0.367 e. The van der Waals surface area contributed by atoms with E-state index in [1.165, 1.54) is 0 Å². The summed E-state index contributed by atoms with van der Waals surface area (Å²) in [5.74, 6) is 4.35. The van der Waals surface area contributed by atoms with E-state index < -0.39 is 9.05 Å². The molecule has 0 rings (SSSR count). The van der Waals surface area contributed by atoms with Crippen LogP contribution in [0.3, 0.4) is 0 Å². The quantitative estimate of drug-likeness (QED) is 0.292. The van der Waals surface area contributed by atoms with E-state index in [9.17, 15) is 0 Å². The lowest BCUT2D eigenvalue weighted by Gasteiger charge is -2.07. The van der Waals surface area contributed by atoms with Gasteiger partial charge in [-0.2, -0.15) is 0 Å². The van der Waals surface area contributed by atoms with Crippen molar-refractivity contribution < 1.29 is 18.5 Å². The van der Waals surface area contributed by atoms with Crippen LogP contribution in [0.5, 0.6) is 0 Å². The Morgan fingerprint density at radius 1 is 1.57 bits per heavy atom. The molecule has 7 heavy (non-hydrogen) atoms. The summed E-state index contributed by atoms with van der Waals surface area (Å²) >= 11 is 0. The van der Waals surface area contributed by atoms with Gasteiger partial charge < -0.3 is 14.0 Å². The van der Waals surface area contributed by atoms with Crippen molar-refractivity contribution >= 4 is 9.05 Å². The molecule has 0 atom stereocenters. The van der Waals surface area contributed by atoms with Gasteiger partial charge in [-0.3, -0.25) is 4.53 Å². The zero-order valence-corrected chi connectivity index (χ0v) is 4.79. The Bertz CT molecular complexity index is 49.7. The first-order valence-corrected chi connectivity index (χ1v) is 3.21. The summed E-state index contributed by atoms with van der Waals surface area (Å²) in [5, 5.41) is 0. The summed E-state index contributed by atoms with van der Waals surface area (Å²) in [6.07, 6.45) is 0. The van der Waals surface area contributed by atoms with Crippen molar-refractivity contribution in [2.24, 2.45) is 5.90 Å². The monoisotopic (exact) mass is 125 g/mol. The summed E-state index contributed by atoms with van der Waals surface area (Å²) in [7, 11) is -2.78. The van der Waals surface area contributed by atoms with Crippen molar-refractivity contribution in [2.45, 2.75) is 0 Å². The first-order chi connectivity index (χ1) is 3.12. The van der Waals surface area contributed by atoms with Crippen LogP contribution in [-0.4, -0.2) is 25.7 Å². The zero-order valence-electron chi connectivity index (χ0n) is 3.79. The van der Waals surface area contributed by atoms with Crippen LogP contribution in [0.25, 0.3) is 0 Å². The van der Waals surface area contributed by atoms with Gasteiger partial charge in [0.05, 0.1) is 0 Å². The summed E-state index contributed by atoms with van der Waals surface area (Å²) < 4.78 is 7.60. The minimum atomic E-state index is -3.87. The van der Waals surface area contributed by atoms with Crippen LogP contribution in [0.4, 0.5) is 0 Å². The molecule has 0 saturated carbocycles. The summed E-state index contributed by atoms with van der Waals surface area (Å²) in [5.41, 5.74) is 0. The van der Waals surface area contributed by atoms with Crippen LogP contribution in [0.1, 0.15) is 0 Å². The van der Waals surface area contributed by atoms with E-state index in [2.05, 4.69) is 14.8 Å². The minimum absolute atomic E-state index is 1.10. The first-order valence-electron chi connectivity index (χ1n) is 1.50. The Labute approximate surface area is 41.7 Å². The third kappa shape index (κ3) is 2.68. The summed E-state index contributed by atoms with van der Waals surface area (Å²) in [6.45, 7) is 0. The number of nitrogens with two attached hydrogens (primary N) is 1. The molecule has 44 valence electrons. The fourth-order valence-electron chi connectivity index (χ4n) is 0.0481. The number of rotatable bonds is 2. The molecule has 0 aromatic heterocycles. The van der Waals surface area contributed by atoms with E-state index in [-0.39, 0.29) is 0 Å². The van der Waals surface area contributed by atoms with Crippen molar-refractivity contribution in [3.8, 4) is 0 Å². The predicted octanol–water partition coefficient (Wildman–Crippen LogP) is -2.06. The molecule has 4 N–H and O–H groups in total. The van der Waals surface area contributed by atoms with Crippen LogP contribution in [0.15, 0.2) is 0 Å². The van der Waals surface area contributed by atoms with E-state index in [0.717, 1.165) is 7.11 Å². The molecule has 0 unspecified atom stereocenters. The Morgan fingerprint density at radius 3 is 2.00 bits per heavy atom. The SMILES string of the molecule is CO[Si](O)(O)ON. The Kier molecular flexibility index (Phi) is 2.36. The molecule has 0 radical (unpaired) electrons. The molecule has 0 aliphatic rings. The van der Waals surface area contributed by atoms with Crippen molar-refractivity contribution in [1.29, 1.82) is 0 Å². The lowest BCUT2D eigenvalue weighted by molar-refractivity contribution is 0.0420. The molecular weight excluding hydrogens is 118 g/mol. The highest BCUT2D eigenvalue weighted by molar-refractivity contribution is 6.50. The van der Waals surface area contributed by atoms with Gasteiger partial charge >= 0.3 is 9.05 Å². The molecule has 0 fully saturated rings. The molecule has 0 bridgehead atoms. The lowest BCUT2D eigenvalue weighted by Crippen LogP contribution is -2.43. The molecule has 0 heterocycles. The maximum Gasteiger partial charge on any atom is 0.690 e. The van der Waals surface area contributed by atoms with Crippen LogP contribution in [0.2, 0.25) is 0 Å². The molecule has 5 nitrogen and oxygen atoms in total. The molecular formula is CH7NO4Si. The molecule has 0 amide bonds. The summed E-state index contributed by atoms with van der Waals surface area (Å²) in [6, 6.07) is 0. The molecule has 6 heteroatoms. The molecule has 0 aromatic carbocycles. The maximum absolute atomic E-state index is 8.26. The average Bonchev–Trinajstić information content (AvgIpc) is 1.68. The van der Waals surface area contributed by atoms with E-state index in [4.69, 9.17) is 9.59 Å². The molecule has 0 aromatic rings. The van der Waals surface area contributed by atoms with Gasteiger partial charge in [0.1, 0.15) is 0 Å². The van der Waals surface area contributed by atoms with Crippen molar-refractivity contribution in [3.05, 3.63) is 0 Å². The second-order valence-electron chi connectivity index (χ2n) is 0.870. The number of hydrogen-bond donors (Lipinski definition) is 3. The highest BCUT2D eigenvalue weighted by atomic mass is 28.4. The van der Waals surface area contributed by atoms with Crippen LogP contribution in [-0.2, 0) is 8.95 Å². The third-order valence-electron chi connectivity index (χ3n) is 0.419. The second kappa shape index (κ2) is 2.36. The van der Waals surface area contributed by atoms with Gasteiger partial charge in [0, 0.05) is 7.11 Å². The molecule has 0 spiro atoms. The Hall–Kier alpha value is 0.0169.